The first-order valence-corrected chi connectivity index (χ1v) is 8.61. The van der Waals surface area contributed by atoms with Gasteiger partial charge in [-0.1, -0.05) is 18.3 Å². The van der Waals surface area contributed by atoms with Crippen molar-refractivity contribution in [1.29, 1.82) is 0 Å². The molecule has 0 aliphatic rings. The molecule has 4 aromatic heterocycles. The summed E-state index contributed by atoms with van der Waals surface area (Å²) in [6, 6.07) is 5.43. The molecule has 0 aliphatic heterocycles. The summed E-state index contributed by atoms with van der Waals surface area (Å²) < 4.78 is 3.17. The molecule has 1 N–H and O–H groups in total. The fourth-order valence-corrected chi connectivity index (χ4v) is 3.21. The van der Waals surface area contributed by atoms with E-state index in [2.05, 4.69) is 25.4 Å². The third-order valence-electron chi connectivity index (χ3n) is 3.68. The molecule has 0 saturated carbocycles. The minimum Gasteiger partial charge on any atom is -0.356 e. The molecule has 4 rings (SSSR count). The Labute approximate surface area is 146 Å². The number of nitrogens with zero attached hydrogens (tertiary/aromatic N) is 6. The summed E-state index contributed by atoms with van der Waals surface area (Å²) in [5, 5.41) is 8.19. The molecular formula is C16H15N7OS. The zero-order valence-electron chi connectivity index (χ0n) is 13.5. The van der Waals surface area contributed by atoms with Crippen molar-refractivity contribution in [3.8, 4) is 5.82 Å². The molecule has 0 unspecified atom stereocenters. The summed E-state index contributed by atoms with van der Waals surface area (Å²) in [5.74, 6) is 0.798. The molecular weight excluding hydrogens is 338 g/mol. The predicted octanol–water partition coefficient (Wildman–Crippen LogP) is 1.91. The van der Waals surface area contributed by atoms with Crippen LogP contribution in [-0.4, -0.2) is 29.1 Å². The van der Waals surface area contributed by atoms with Gasteiger partial charge in [0.15, 0.2) is 0 Å². The standard InChI is InChI=1S/C16H15N7OS/c1-2-12-8-14(24)23-16(20-12)25-15(21-23)19-9-11-3-4-18-13(7-11)22-6-5-17-10-22/h3-8,10H,2,9H2,1H3,(H,19,21). The van der Waals surface area contributed by atoms with Gasteiger partial charge < -0.3 is 5.32 Å². The molecule has 0 spiro atoms. The molecule has 0 atom stereocenters. The van der Waals surface area contributed by atoms with Gasteiger partial charge in [0.2, 0.25) is 10.1 Å². The number of aromatic nitrogens is 6. The third kappa shape index (κ3) is 3.13. The summed E-state index contributed by atoms with van der Waals surface area (Å²) in [7, 11) is 0. The lowest BCUT2D eigenvalue weighted by Crippen LogP contribution is -2.15. The van der Waals surface area contributed by atoms with Crippen LogP contribution in [0, 0.1) is 0 Å². The Balaban J connectivity index is 1.55. The SMILES string of the molecule is CCc1cc(=O)n2nc(NCc3ccnc(-n4ccnc4)c3)sc2n1. The van der Waals surface area contributed by atoms with Gasteiger partial charge in [-0.3, -0.25) is 9.36 Å². The van der Waals surface area contributed by atoms with E-state index >= 15 is 0 Å². The minimum absolute atomic E-state index is 0.155. The molecule has 9 heteroatoms. The lowest BCUT2D eigenvalue weighted by atomic mass is 10.2. The number of imidazole rings is 1. The first-order valence-electron chi connectivity index (χ1n) is 7.80. The van der Waals surface area contributed by atoms with Crippen molar-refractivity contribution in [2.45, 2.75) is 19.9 Å². The Bertz CT molecular complexity index is 1070. The maximum Gasteiger partial charge on any atom is 0.275 e. The number of hydrogen-bond donors (Lipinski definition) is 1. The molecule has 0 bridgehead atoms. The predicted molar refractivity (Wildman–Crippen MR) is 95.2 cm³/mol. The zero-order valence-corrected chi connectivity index (χ0v) is 14.3. The highest BCUT2D eigenvalue weighted by Crippen LogP contribution is 2.18. The normalized spacial score (nSPS) is 11.1. The average molecular weight is 353 g/mol. The fourth-order valence-electron chi connectivity index (χ4n) is 2.39. The Morgan fingerprint density at radius 2 is 2.20 bits per heavy atom. The second-order valence-electron chi connectivity index (χ2n) is 5.39. The molecule has 25 heavy (non-hydrogen) atoms. The number of nitrogens with one attached hydrogen (secondary N) is 1. The van der Waals surface area contributed by atoms with Crippen molar-refractivity contribution in [3.05, 3.63) is 64.7 Å². The molecule has 0 aromatic carbocycles. The Hall–Kier alpha value is -3.07. The number of rotatable bonds is 5. The van der Waals surface area contributed by atoms with Crippen LogP contribution >= 0.6 is 11.3 Å². The van der Waals surface area contributed by atoms with E-state index in [9.17, 15) is 4.79 Å². The lowest BCUT2D eigenvalue weighted by Gasteiger charge is -2.05. The molecule has 126 valence electrons. The topological polar surface area (TPSA) is 90.0 Å². The van der Waals surface area contributed by atoms with Gasteiger partial charge in [-0.2, -0.15) is 4.52 Å². The second kappa shape index (κ2) is 6.44. The van der Waals surface area contributed by atoms with E-state index in [0.29, 0.717) is 16.6 Å². The van der Waals surface area contributed by atoms with Gasteiger partial charge in [0.25, 0.3) is 5.56 Å². The monoisotopic (exact) mass is 353 g/mol. The molecule has 0 fully saturated rings. The summed E-state index contributed by atoms with van der Waals surface area (Å²) in [6.07, 6.45) is 7.74. The first-order chi connectivity index (χ1) is 12.2. The van der Waals surface area contributed by atoms with Crippen LogP contribution in [0.15, 0.2) is 47.9 Å². The van der Waals surface area contributed by atoms with Crippen LogP contribution < -0.4 is 10.9 Å². The smallest absolute Gasteiger partial charge is 0.275 e. The van der Waals surface area contributed by atoms with Gasteiger partial charge >= 0.3 is 0 Å². The van der Waals surface area contributed by atoms with Gasteiger partial charge in [-0.05, 0) is 24.1 Å². The number of aryl methyl sites for hydroxylation is 1. The highest BCUT2D eigenvalue weighted by Gasteiger charge is 2.08. The van der Waals surface area contributed by atoms with E-state index in [1.54, 1.807) is 18.7 Å². The summed E-state index contributed by atoms with van der Waals surface area (Å²) in [5.41, 5.74) is 1.67. The van der Waals surface area contributed by atoms with Gasteiger partial charge in [-0.15, -0.1) is 5.10 Å². The van der Waals surface area contributed by atoms with Crippen molar-refractivity contribution in [3.63, 3.8) is 0 Å². The average Bonchev–Trinajstić information content (AvgIpc) is 3.30. The van der Waals surface area contributed by atoms with Crippen LogP contribution in [0.4, 0.5) is 5.13 Å². The van der Waals surface area contributed by atoms with E-state index in [-0.39, 0.29) is 5.56 Å². The third-order valence-corrected chi connectivity index (χ3v) is 4.55. The maximum atomic E-state index is 12.0. The highest BCUT2D eigenvalue weighted by atomic mass is 32.1. The molecule has 0 aliphatic carbocycles. The highest BCUT2D eigenvalue weighted by molar-refractivity contribution is 7.20. The van der Waals surface area contributed by atoms with Crippen molar-refractivity contribution >= 4 is 21.4 Å². The van der Waals surface area contributed by atoms with Crippen molar-refractivity contribution in [2.24, 2.45) is 0 Å². The van der Waals surface area contributed by atoms with Crippen LogP contribution in [-0.2, 0) is 13.0 Å². The second-order valence-corrected chi connectivity index (χ2v) is 6.34. The largest absolute Gasteiger partial charge is 0.356 e. The number of pyridine rings is 1. The molecule has 8 nitrogen and oxygen atoms in total. The Kier molecular flexibility index (Phi) is 3.98. The molecule has 4 heterocycles. The quantitative estimate of drug-likeness (QED) is 0.589. The van der Waals surface area contributed by atoms with Gasteiger partial charge in [0, 0.05) is 36.9 Å². The first kappa shape index (κ1) is 15.5. The van der Waals surface area contributed by atoms with Gasteiger partial charge in [-0.25, -0.2) is 15.0 Å². The number of anilines is 1. The van der Waals surface area contributed by atoms with Crippen LogP contribution in [0.5, 0.6) is 0 Å². The summed E-state index contributed by atoms with van der Waals surface area (Å²) >= 11 is 1.36. The minimum atomic E-state index is -0.155. The van der Waals surface area contributed by atoms with E-state index in [4.69, 9.17) is 0 Å². The van der Waals surface area contributed by atoms with Crippen molar-refractivity contribution in [1.82, 2.24) is 29.1 Å². The van der Waals surface area contributed by atoms with Crippen LogP contribution in [0.3, 0.4) is 0 Å². The van der Waals surface area contributed by atoms with Gasteiger partial charge in [0.1, 0.15) is 12.1 Å². The van der Waals surface area contributed by atoms with E-state index in [0.717, 1.165) is 23.5 Å². The molecule has 4 aromatic rings. The molecule has 0 saturated heterocycles. The molecule has 0 radical (unpaired) electrons. The van der Waals surface area contributed by atoms with Crippen LogP contribution in [0.25, 0.3) is 10.8 Å². The summed E-state index contributed by atoms with van der Waals surface area (Å²) in [6.45, 7) is 2.54. The van der Waals surface area contributed by atoms with Crippen molar-refractivity contribution < 1.29 is 0 Å². The Morgan fingerprint density at radius 1 is 1.28 bits per heavy atom. The van der Waals surface area contributed by atoms with Crippen LogP contribution in [0.1, 0.15) is 18.2 Å². The van der Waals surface area contributed by atoms with Gasteiger partial charge in [0.05, 0.1) is 0 Å². The van der Waals surface area contributed by atoms with Crippen LogP contribution in [0.2, 0.25) is 0 Å². The number of fused-ring (bicyclic) bond motifs is 1. The van der Waals surface area contributed by atoms with Crippen molar-refractivity contribution in [2.75, 3.05) is 5.32 Å². The molecule has 0 amide bonds. The van der Waals surface area contributed by atoms with E-state index in [1.165, 1.54) is 21.9 Å². The zero-order chi connectivity index (χ0) is 17.2. The summed E-state index contributed by atoms with van der Waals surface area (Å²) in [4.78, 5) is 25.4. The maximum absolute atomic E-state index is 12.0. The lowest BCUT2D eigenvalue weighted by molar-refractivity contribution is 0.874. The Morgan fingerprint density at radius 3 is 3.00 bits per heavy atom. The van der Waals surface area contributed by atoms with E-state index < -0.39 is 0 Å². The fraction of sp³-hybridized carbons (Fsp3) is 0.188. The van der Waals surface area contributed by atoms with E-state index in [1.807, 2.05) is 29.8 Å². The number of hydrogen-bond acceptors (Lipinski definition) is 7.